The van der Waals surface area contributed by atoms with Crippen LogP contribution in [0.1, 0.15) is 23.2 Å². The van der Waals surface area contributed by atoms with Crippen molar-refractivity contribution < 1.29 is 13.2 Å². The van der Waals surface area contributed by atoms with Crippen LogP contribution in [0, 0.1) is 0 Å². The van der Waals surface area contributed by atoms with Crippen LogP contribution < -0.4 is 5.32 Å². The Balaban J connectivity index is 1.60. The molecule has 25 heavy (non-hydrogen) atoms. The van der Waals surface area contributed by atoms with Crippen LogP contribution in [0.5, 0.6) is 0 Å². The zero-order valence-electron chi connectivity index (χ0n) is 13.6. The number of piperidine rings is 1. The van der Waals surface area contributed by atoms with E-state index >= 15 is 0 Å². The number of sulfonamides is 1. The summed E-state index contributed by atoms with van der Waals surface area (Å²) in [4.78, 5) is 12.4. The number of rotatable bonds is 4. The van der Waals surface area contributed by atoms with Gasteiger partial charge in [-0.3, -0.25) is 4.79 Å². The summed E-state index contributed by atoms with van der Waals surface area (Å²) in [6, 6.07) is 15.2. The Labute approximate surface area is 152 Å². The van der Waals surface area contributed by atoms with Crippen molar-refractivity contribution in [1.82, 2.24) is 9.62 Å². The van der Waals surface area contributed by atoms with Crippen LogP contribution >= 0.6 is 11.6 Å². The fourth-order valence-corrected chi connectivity index (χ4v) is 4.45. The number of amides is 1. The van der Waals surface area contributed by atoms with E-state index in [1.807, 2.05) is 18.2 Å². The Bertz CT molecular complexity index is 830. The van der Waals surface area contributed by atoms with Crippen LogP contribution in [0.25, 0.3) is 0 Å². The van der Waals surface area contributed by atoms with Gasteiger partial charge in [0.05, 0.1) is 4.90 Å². The van der Waals surface area contributed by atoms with Crippen LogP contribution in [-0.4, -0.2) is 37.8 Å². The third kappa shape index (κ3) is 4.21. The number of hydrogen-bond donors (Lipinski definition) is 1. The number of carbonyl (C=O) groups is 1. The van der Waals surface area contributed by atoms with Gasteiger partial charge in [0, 0.05) is 29.7 Å². The lowest BCUT2D eigenvalue weighted by molar-refractivity contribution is 0.0924. The molecule has 0 aliphatic carbocycles. The monoisotopic (exact) mass is 378 g/mol. The van der Waals surface area contributed by atoms with Gasteiger partial charge >= 0.3 is 0 Å². The van der Waals surface area contributed by atoms with Crippen molar-refractivity contribution in [2.45, 2.75) is 23.8 Å². The minimum atomic E-state index is -3.52. The van der Waals surface area contributed by atoms with Crippen molar-refractivity contribution in [1.29, 1.82) is 0 Å². The molecule has 1 N–H and O–H groups in total. The SMILES string of the molecule is O=C(NC1CCN(S(=O)(=O)c2ccc(Cl)cc2)CC1)c1ccccc1. The molecule has 1 fully saturated rings. The summed E-state index contributed by atoms with van der Waals surface area (Å²) in [5.74, 6) is -0.125. The lowest BCUT2D eigenvalue weighted by Gasteiger charge is -2.31. The van der Waals surface area contributed by atoms with E-state index in [-0.39, 0.29) is 16.8 Å². The predicted molar refractivity (Wildman–Crippen MR) is 97.1 cm³/mol. The molecule has 7 heteroatoms. The number of hydrogen-bond acceptors (Lipinski definition) is 3. The van der Waals surface area contributed by atoms with Crippen molar-refractivity contribution in [2.24, 2.45) is 0 Å². The molecule has 0 aromatic heterocycles. The van der Waals surface area contributed by atoms with E-state index in [2.05, 4.69) is 5.32 Å². The number of benzene rings is 2. The molecule has 0 saturated carbocycles. The van der Waals surface area contributed by atoms with Gasteiger partial charge in [0.15, 0.2) is 0 Å². The number of carbonyl (C=O) groups excluding carboxylic acids is 1. The van der Waals surface area contributed by atoms with Gasteiger partial charge in [-0.15, -0.1) is 0 Å². The van der Waals surface area contributed by atoms with Crippen LogP contribution in [-0.2, 0) is 10.0 Å². The van der Waals surface area contributed by atoms with E-state index < -0.39 is 10.0 Å². The van der Waals surface area contributed by atoms with Gasteiger partial charge in [-0.25, -0.2) is 8.42 Å². The fraction of sp³-hybridized carbons (Fsp3) is 0.278. The van der Waals surface area contributed by atoms with E-state index in [0.717, 1.165) is 0 Å². The average molecular weight is 379 g/mol. The van der Waals surface area contributed by atoms with Crippen LogP contribution in [0.4, 0.5) is 0 Å². The third-order valence-corrected chi connectivity index (χ3v) is 6.44. The van der Waals surface area contributed by atoms with Crippen molar-refractivity contribution in [3.8, 4) is 0 Å². The Hall–Kier alpha value is -1.89. The molecule has 0 unspecified atom stereocenters. The first-order chi connectivity index (χ1) is 12.0. The lowest BCUT2D eigenvalue weighted by atomic mass is 10.1. The van der Waals surface area contributed by atoms with E-state index in [1.54, 1.807) is 24.3 Å². The smallest absolute Gasteiger partial charge is 0.251 e. The first-order valence-corrected chi connectivity index (χ1v) is 9.90. The summed E-state index contributed by atoms with van der Waals surface area (Å²) in [6.07, 6.45) is 1.18. The van der Waals surface area contributed by atoms with Crippen molar-refractivity contribution in [2.75, 3.05) is 13.1 Å². The zero-order valence-corrected chi connectivity index (χ0v) is 15.1. The maximum atomic E-state index is 12.6. The molecule has 0 atom stereocenters. The average Bonchev–Trinajstić information content (AvgIpc) is 2.63. The lowest BCUT2D eigenvalue weighted by Crippen LogP contribution is -2.46. The number of nitrogens with one attached hydrogen (secondary N) is 1. The molecular weight excluding hydrogens is 360 g/mol. The summed E-state index contributed by atoms with van der Waals surface area (Å²) in [5.41, 5.74) is 0.610. The van der Waals surface area contributed by atoms with Crippen LogP contribution in [0.3, 0.4) is 0 Å². The highest BCUT2D eigenvalue weighted by Crippen LogP contribution is 2.22. The molecule has 1 saturated heterocycles. The first-order valence-electron chi connectivity index (χ1n) is 8.08. The normalized spacial score (nSPS) is 16.5. The molecule has 1 amide bonds. The van der Waals surface area contributed by atoms with Crippen LogP contribution in [0.15, 0.2) is 59.5 Å². The highest BCUT2D eigenvalue weighted by atomic mass is 35.5. The molecule has 0 radical (unpaired) electrons. The molecular formula is C18H19ClN2O3S. The summed E-state index contributed by atoms with van der Waals surface area (Å²) >= 11 is 5.82. The summed E-state index contributed by atoms with van der Waals surface area (Å²) in [6.45, 7) is 0.759. The Kier molecular flexibility index (Phi) is 5.42. The molecule has 2 aromatic rings. The Morgan fingerprint density at radius 3 is 2.20 bits per heavy atom. The molecule has 1 aliphatic rings. The highest BCUT2D eigenvalue weighted by molar-refractivity contribution is 7.89. The maximum Gasteiger partial charge on any atom is 0.251 e. The molecule has 0 bridgehead atoms. The second-order valence-corrected chi connectivity index (χ2v) is 8.35. The Morgan fingerprint density at radius 1 is 1.00 bits per heavy atom. The largest absolute Gasteiger partial charge is 0.349 e. The quantitative estimate of drug-likeness (QED) is 0.889. The molecule has 0 spiro atoms. The van der Waals surface area contributed by atoms with Crippen molar-refractivity contribution >= 4 is 27.5 Å². The van der Waals surface area contributed by atoms with Gasteiger partial charge in [0.1, 0.15) is 0 Å². The van der Waals surface area contributed by atoms with E-state index in [1.165, 1.54) is 16.4 Å². The van der Waals surface area contributed by atoms with Crippen LogP contribution in [0.2, 0.25) is 5.02 Å². The summed E-state index contributed by atoms with van der Waals surface area (Å²) in [5, 5.41) is 3.48. The minimum absolute atomic E-state index is 0.0237. The van der Waals surface area contributed by atoms with Gasteiger partial charge < -0.3 is 5.32 Å². The summed E-state index contributed by atoms with van der Waals surface area (Å²) < 4.78 is 26.7. The van der Waals surface area contributed by atoms with Gasteiger partial charge in [0.2, 0.25) is 10.0 Å². The first kappa shape index (κ1) is 17.9. The van der Waals surface area contributed by atoms with Crippen molar-refractivity contribution in [3.63, 3.8) is 0 Å². The summed E-state index contributed by atoms with van der Waals surface area (Å²) in [7, 11) is -3.52. The van der Waals surface area contributed by atoms with Gasteiger partial charge in [0.25, 0.3) is 5.91 Å². The topological polar surface area (TPSA) is 66.5 Å². The molecule has 1 heterocycles. The molecule has 5 nitrogen and oxygen atoms in total. The Morgan fingerprint density at radius 2 is 1.60 bits per heavy atom. The number of nitrogens with zero attached hydrogens (tertiary/aromatic N) is 1. The fourth-order valence-electron chi connectivity index (χ4n) is 2.85. The van der Waals surface area contributed by atoms with Gasteiger partial charge in [-0.1, -0.05) is 29.8 Å². The standard InChI is InChI=1S/C18H19ClN2O3S/c19-15-6-8-17(9-7-15)25(23,24)21-12-10-16(11-13-21)20-18(22)14-4-2-1-3-5-14/h1-9,16H,10-13H2,(H,20,22). The van der Waals surface area contributed by atoms with E-state index in [0.29, 0.717) is 36.5 Å². The molecule has 132 valence electrons. The number of halogens is 1. The van der Waals surface area contributed by atoms with Gasteiger partial charge in [-0.2, -0.15) is 4.31 Å². The second-order valence-electron chi connectivity index (χ2n) is 5.97. The highest BCUT2D eigenvalue weighted by Gasteiger charge is 2.30. The second kappa shape index (κ2) is 7.56. The predicted octanol–water partition coefficient (Wildman–Crippen LogP) is 2.92. The zero-order chi connectivity index (χ0) is 17.9. The minimum Gasteiger partial charge on any atom is -0.349 e. The molecule has 1 aliphatic heterocycles. The van der Waals surface area contributed by atoms with Crippen molar-refractivity contribution in [3.05, 3.63) is 65.2 Å². The molecule has 2 aromatic carbocycles. The van der Waals surface area contributed by atoms with Gasteiger partial charge in [-0.05, 0) is 49.2 Å². The van der Waals surface area contributed by atoms with E-state index in [4.69, 9.17) is 11.6 Å². The van der Waals surface area contributed by atoms with E-state index in [9.17, 15) is 13.2 Å². The third-order valence-electron chi connectivity index (χ3n) is 4.28. The molecule has 3 rings (SSSR count). The maximum absolute atomic E-state index is 12.6.